The lowest BCUT2D eigenvalue weighted by molar-refractivity contribution is -0.491. The number of hydrogen-bond donors (Lipinski definition) is 1. The van der Waals surface area contributed by atoms with Gasteiger partial charge in [-0.1, -0.05) is 30.7 Å². The van der Waals surface area contributed by atoms with Crippen molar-refractivity contribution in [1.29, 1.82) is 0 Å². The Morgan fingerprint density at radius 2 is 2.15 bits per heavy atom. The van der Waals surface area contributed by atoms with Crippen LogP contribution in [0.25, 0.3) is 0 Å². The SMILES string of the molecule is CCCc1n/c(=N\[N+](=O)[O-])n(Cc2ccc(Cl)cc2)[nH]1. The molecule has 0 fully saturated rings. The van der Waals surface area contributed by atoms with E-state index in [1.165, 1.54) is 0 Å². The van der Waals surface area contributed by atoms with Gasteiger partial charge in [0.2, 0.25) is 0 Å². The number of nitrogens with zero attached hydrogens (tertiary/aromatic N) is 4. The maximum atomic E-state index is 10.5. The highest BCUT2D eigenvalue weighted by molar-refractivity contribution is 6.30. The molecule has 0 amide bonds. The van der Waals surface area contributed by atoms with Gasteiger partial charge in [-0.15, -0.1) is 0 Å². The Morgan fingerprint density at radius 1 is 1.45 bits per heavy atom. The monoisotopic (exact) mass is 295 g/mol. The summed E-state index contributed by atoms with van der Waals surface area (Å²) < 4.78 is 1.55. The molecule has 0 bridgehead atoms. The Hall–Kier alpha value is -2.15. The third-order valence-electron chi connectivity index (χ3n) is 2.65. The summed E-state index contributed by atoms with van der Waals surface area (Å²) in [5, 5.41) is 16.8. The summed E-state index contributed by atoms with van der Waals surface area (Å²) in [7, 11) is 0. The van der Waals surface area contributed by atoms with Crippen LogP contribution in [0.2, 0.25) is 5.02 Å². The molecule has 1 heterocycles. The molecule has 0 spiro atoms. The Kier molecular flexibility index (Phi) is 4.52. The molecule has 8 heteroatoms. The van der Waals surface area contributed by atoms with Crippen LogP contribution in [0.5, 0.6) is 0 Å². The van der Waals surface area contributed by atoms with Crippen molar-refractivity contribution in [2.24, 2.45) is 5.10 Å². The lowest BCUT2D eigenvalue weighted by Gasteiger charge is -2.02. The van der Waals surface area contributed by atoms with Gasteiger partial charge in [0.05, 0.1) is 6.54 Å². The van der Waals surface area contributed by atoms with Gasteiger partial charge in [-0.05, 0) is 24.1 Å². The first kappa shape index (κ1) is 14.3. The normalized spacial score (nSPS) is 11.8. The third-order valence-corrected chi connectivity index (χ3v) is 2.90. The number of aromatic amines is 1. The molecule has 0 aliphatic carbocycles. The van der Waals surface area contributed by atoms with Gasteiger partial charge in [-0.2, -0.15) is 4.98 Å². The summed E-state index contributed by atoms with van der Waals surface area (Å²) in [6.45, 7) is 2.43. The molecule has 106 valence electrons. The lowest BCUT2D eigenvalue weighted by Crippen LogP contribution is -2.22. The van der Waals surface area contributed by atoms with E-state index >= 15 is 0 Å². The standard InChI is InChI=1S/C12H14ClN5O2/c1-2-3-11-14-12(16-18(19)20)17(15-11)8-9-4-6-10(13)7-5-9/h4-7H,2-3,8H2,1H3,(H,14,15,16). The number of rotatable bonds is 5. The van der Waals surface area contributed by atoms with Crippen LogP contribution in [-0.2, 0) is 13.0 Å². The van der Waals surface area contributed by atoms with E-state index in [4.69, 9.17) is 11.6 Å². The summed E-state index contributed by atoms with van der Waals surface area (Å²) in [5.74, 6) is 0.682. The zero-order valence-electron chi connectivity index (χ0n) is 10.9. The summed E-state index contributed by atoms with van der Waals surface area (Å²) in [6.07, 6.45) is 1.61. The number of aryl methyl sites for hydroxylation is 1. The smallest absolute Gasteiger partial charge is 0.282 e. The number of nitro groups is 1. The Morgan fingerprint density at radius 3 is 2.75 bits per heavy atom. The van der Waals surface area contributed by atoms with Crippen molar-refractivity contribution < 1.29 is 5.03 Å². The van der Waals surface area contributed by atoms with E-state index in [-0.39, 0.29) is 5.62 Å². The van der Waals surface area contributed by atoms with Crippen LogP contribution in [0.1, 0.15) is 24.7 Å². The second-order valence-corrected chi connectivity index (χ2v) is 4.71. The largest absolute Gasteiger partial charge is 0.318 e. The van der Waals surface area contributed by atoms with E-state index < -0.39 is 5.03 Å². The molecule has 1 N–H and O–H groups in total. The van der Waals surface area contributed by atoms with E-state index in [1.807, 2.05) is 19.1 Å². The van der Waals surface area contributed by atoms with Gasteiger partial charge in [0, 0.05) is 11.4 Å². The lowest BCUT2D eigenvalue weighted by atomic mass is 10.2. The van der Waals surface area contributed by atoms with E-state index in [0.717, 1.165) is 12.0 Å². The second kappa shape index (κ2) is 6.33. The molecule has 0 aliphatic heterocycles. The third kappa shape index (κ3) is 3.67. The fraction of sp³-hybridized carbons (Fsp3) is 0.333. The van der Waals surface area contributed by atoms with Crippen molar-refractivity contribution in [1.82, 2.24) is 14.8 Å². The van der Waals surface area contributed by atoms with Crippen LogP contribution in [-0.4, -0.2) is 19.8 Å². The minimum absolute atomic E-state index is 0.0633. The molecule has 0 saturated heterocycles. The van der Waals surface area contributed by atoms with Crippen LogP contribution < -0.4 is 5.62 Å². The van der Waals surface area contributed by atoms with Crippen LogP contribution in [0.3, 0.4) is 0 Å². The molecule has 0 unspecified atom stereocenters. The van der Waals surface area contributed by atoms with Gasteiger partial charge >= 0.3 is 5.62 Å². The van der Waals surface area contributed by atoms with E-state index in [9.17, 15) is 10.1 Å². The highest BCUT2D eigenvalue weighted by Gasteiger charge is 2.07. The van der Waals surface area contributed by atoms with Gasteiger partial charge in [0.25, 0.3) is 0 Å². The zero-order valence-corrected chi connectivity index (χ0v) is 11.7. The Bertz CT molecular complexity index is 659. The fourth-order valence-corrected chi connectivity index (χ4v) is 1.92. The number of benzene rings is 1. The van der Waals surface area contributed by atoms with E-state index in [1.54, 1.807) is 16.8 Å². The predicted octanol–water partition coefficient (Wildman–Crippen LogP) is 1.96. The van der Waals surface area contributed by atoms with Crippen LogP contribution in [0, 0.1) is 10.1 Å². The highest BCUT2D eigenvalue weighted by atomic mass is 35.5. The average Bonchev–Trinajstić information content (AvgIpc) is 2.74. The maximum Gasteiger partial charge on any atom is 0.318 e. The molecular formula is C12H14ClN5O2. The predicted molar refractivity (Wildman–Crippen MR) is 73.7 cm³/mol. The van der Waals surface area contributed by atoms with Crippen LogP contribution >= 0.6 is 11.6 Å². The van der Waals surface area contributed by atoms with Crippen molar-refractivity contribution in [3.63, 3.8) is 0 Å². The van der Waals surface area contributed by atoms with Gasteiger partial charge < -0.3 is 0 Å². The average molecular weight is 296 g/mol. The number of hydrogen-bond acceptors (Lipinski definition) is 3. The second-order valence-electron chi connectivity index (χ2n) is 4.27. The van der Waals surface area contributed by atoms with Gasteiger partial charge in [0.15, 0.2) is 5.03 Å². The number of halogens is 1. The summed E-state index contributed by atoms with van der Waals surface area (Å²) >= 11 is 5.83. The van der Waals surface area contributed by atoms with Crippen LogP contribution in [0.4, 0.5) is 0 Å². The van der Waals surface area contributed by atoms with E-state index in [2.05, 4.69) is 15.2 Å². The van der Waals surface area contributed by atoms with Crippen molar-refractivity contribution in [2.45, 2.75) is 26.3 Å². The minimum atomic E-state index is -0.746. The molecule has 0 aliphatic rings. The molecule has 1 aromatic heterocycles. The van der Waals surface area contributed by atoms with Crippen LogP contribution in [0.15, 0.2) is 29.4 Å². The molecule has 0 saturated carbocycles. The topological polar surface area (TPSA) is 89.1 Å². The van der Waals surface area contributed by atoms with E-state index in [0.29, 0.717) is 23.8 Å². The molecule has 2 rings (SSSR count). The van der Waals surface area contributed by atoms with Gasteiger partial charge in [0.1, 0.15) is 10.9 Å². The van der Waals surface area contributed by atoms with Gasteiger partial charge in [-0.25, -0.2) is 14.8 Å². The highest BCUT2D eigenvalue weighted by Crippen LogP contribution is 2.09. The molecule has 0 atom stereocenters. The first-order valence-corrected chi connectivity index (χ1v) is 6.55. The molecule has 1 aromatic carbocycles. The molecule has 0 radical (unpaired) electrons. The first-order chi connectivity index (χ1) is 9.58. The molecule has 2 aromatic rings. The van der Waals surface area contributed by atoms with Crippen molar-refractivity contribution in [3.05, 3.63) is 56.4 Å². The summed E-state index contributed by atoms with van der Waals surface area (Å²) in [6, 6.07) is 7.24. The zero-order chi connectivity index (χ0) is 14.5. The molecule has 20 heavy (non-hydrogen) atoms. The quantitative estimate of drug-likeness (QED) is 0.675. The number of nitrogens with one attached hydrogen (secondary N) is 1. The minimum Gasteiger partial charge on any atom is -0.282 e. The summed E-state index contributed by atoms with van der Waals surface area (Å²) in [5.41, 5.74) is 1.01. The number of H-pyrrole nitrogens is 1. The summed E-state index contributed by atoms with van der Waals surface area (Å²) in [4.78, 5) is 14.7. The molecule has 7 nitrogen and oxygen atoms in total. The Balaban J connectivity index is 2.34. The molecular weight excluding hydrogens is 282 g/mol. The first-order valence-electron chi connectivity index (χ1n) is 6.17. The number of aromatic nitrogens is 3. The van der Waals surface area contributed by atoms with Gasteiger partial charge in [-0.3, -0.25) is 5.10 Å². The van der Waals surface area contributed by atoms with Crippen molar-refractivity contribution >= 4 is 11.6 Å². The Labute approximate surface area is 120 Å². The fourth-order valence-electron chi connectivity index (χ4n) is 1.79. The maximum absolute atomic E-state index is 10.5. The van der Waals surface area contributed by atoms with Crippen molar-refractivity contribution in [3.8, 4) is 0 Å². The van der Waals surface area contributed by atoms with Crippen molar-refractivity contribution in [2.75, 3.05) is 0 Å².